The standard InChI is InChI=1S/C13H25N5/c1-10-9-16(3)7-8-18(10)13-12(5-6-14)11(2)15-17(13)4/h10H,5-9,14H2,1-4H3. The Morgan fingerprint density at radius 1 is 1.33 bits per heavy atom. The molecule has 5 heteroatoms. The average molecular weight is 251 g/mol. The molecule has 0 amide bonds. The highest BCUT2D eigenvalue weighted by Crippen LogP contribution is 2.26. The van der Waals surface area contributed by atoms with Crippen molar-refractivity contribution < 1.29 is 0 Å². The van der Waals surface area contributed by atoms with Crippen molar-refractivity contribution in [1.82, 2.24) is 14.7 Å². The van der Waals surface area contributed by atoms with E-state index >= 15 is 0 Å². The molecule has 1 aromatic heterocycles. The molecule has 0 radical (unpaired) electrons. The third kappa shape index (κ3) is 2.37. The summed E-state index contributed by atoms with van der Waals surface area (Å²) in [4.78, 5) is 4.86. The number of rotatable bonds is 3. The third-order valence-electron chi connectivity index (χ3n) is 3.81. The van der Waals surface area contributed by atoms with Gasteiger partial charge in [0.15, 0.2) is 0 Å². The van der Waals surface area contributed by atoms with Crippen molar-refractivity contribution in [3.8, 4) is 0 Å². The molecule has 2 heterocycles. The Balaban J connectivity index is 2.32. The molecular weight excluding hydrogens is 226 g/mol. The molecule has 0 spiro atoms. The highest BCUT2D eigenvalue weighted by atomic mass is 15.4. The predicted octanol–water partition coefficient (Wildman–Crippen LogP) is 0.370. The van der Waals surface area contributed by atoms with Crippen LogP contribution in [0, 0.1) is 6.92 Å². The van der Waals surface area contributed by atoms with Crippen LogP contribution in [0.4, 0.5) is 5.82 Å². The van der Waals surface area contributed by atoms with Crippen LogP contribution in [-0.2, 0) is 13.5 Å². The highest BCUT2D eigenvalue weighted by Gasteiger charge is 2.26. The lowest BCUT2D eigenvalue weighted by Crippen LogP contribution is -2.51. The molecule has 0 aliphatic carbocycles. The molecule has 5 nitrogen and oxygen atoms in total. The quantitative estimate of drug-likeness (QED) is 0.843. The highest BCUT2D eigenvalue weighted by molar-refractivity contribution is 5.51. The average Bonchev–Trinajstić information content (AvgIpc) is 2.56. The van der Waals surface area contributed by atoms with Crippen LogP contribution in [0.25, 0.3) is 0 Å². The van der Waals surface area contributed by atoms with Crippen molar-refractivity contribution in [3.05, 3.63) is 11.3 Å². The first kappa shape index (κ1) is 13.4. The number of aryl methyl sites for hydroxylation is 2. The fraction of sp³-hybridized carbons (Fsp3) is 0.769. The fourth-order valence-corrected chi connectivity index (χ4v) is 2.94. The molecule has 2 rings (SSSR count). The summed E-state index contributed by atoms with van der Waals surface area (Å²) in [6.45, 7) is 8.32. The normalized spacial score (nSPS) is 21.6. The maximum Gasteiger partial charge on any atom is 0.130 e. The van der Waals surface area contributed by atoms with Crippen molar-refractivity contribution in [3.63, 3.8) is 0 Å². The lowest BCUT2D eigenvalue weighted by atomic mass is 10.1. The van der Waals surface area contributed by atoms with Crippen LogP contribution >= 0.6 is 0 Å². The minimum absolute atomic E-state index is 0.523. The van der Waals surface area contributed by atoms with E-state index in [1.165, 1.54) is 11.4 Å². The van der Waals surface area contributed by atoms with E-state index in [4.69, 9.17) is 5.73 Å². The third-order valence-corrected chi connectivity index (χ3v) is 3.81. The van der Waals surface area contributed by atoms with E-state index < -0.39 is 0 Å². The number of piperazine rings is 1. The molecule has 1 saturated heterocycles. The van der Waals surface area contributed by atoms with E-state index in [9.17, 15) is 0 Å². The fourth-order valence-electron chi connectivity index (χ4n) is 2.94. The maximum atomic E-state index is 5.73. The Morgan fingerprint density at radius 2 is 2.06 bits per heavy atom. The minimum atomic E-state index is 0.523. The van der Waals surface area contributed by atoms with E-state index in [1.807, 2.05) is 11.7 Å². The van der Waals surface area contributed by atoms with Crippen molar-refractivity contribution in [1.29, 1.82) is 0 Å². The van der Waals surface area contributed by atoms with Gasteiger partial charge in [0.25, 0.3) is 0 Å². The molecule has 18 heavy (non-hydrogen) atoms. The molecule has 1 atom stereocenters. The van der Waals surface area contributed by atoms with Crippen molar-refractivity contribution in [2.45, 2.75) is 26.3 Å². The van der Waals surface area contributed by atoms with E-state index in [0.717, 1.165) is 31.7 Å². The van der Waals surface area contributed by atoms with E-state index in [0.29, 0.717) is 12.6 Å². The summed E-state index contributed by atoms with van der Waals surface area (Å²) in [6.07, 6.45) is 0.911. The zero-order valence-corrected chi connectivity index (χ0v) is 12.0. The van der Waals surface area contributed by atoms with Crippen LogP contribution in [0.5, 0.6) is 0 Å². The molecule has 0 bridgehead atoms. The lowest BCUT2D eigenvalue weighted by Gasteiger charge is -2.40. The van der Waals surface area contributed by atoms with E-state index in [-0.39, 0.29) is 0 Å². The monoisotopic (exact) mass is 251 g/mol. The summed E-state index contributed by atoms with van der Waals surface area (Å²) in [5.74, 6) is 1.26. The van der Waals surface area contributed by atoms with Crippen LogP contribution in [0.2, 0.25) is 0 Å². The van der Waals surface area contributed by atoms with Gasteiger partial charge in [0, 0.05) is 38.3 Å². The van der Waals surface area contributed by atoms with Gasteiger partial charge in [0.05, 0.1) is 5.69 Å². The summed E-state index contributed by atoms with van der Waals surface area (Å²) in [6, 6.07) is 0.523. The molecule has 2 N–H and O–H groups in total. The Morgan fingerprint density at radius 3 is 2.67 bits per heavy atom. The van der Waals surface area contributed by atoms with E-state index in [1.54, 1.807) is 0 Å². The summed E-state index contributed by atoms with van der Waals surface area (Å²) >= 11 is 0. The zero-order valence-electron chi connectivity index (χ0n) is 12.0. The van der Waals surface area contributed by atoms with Crippen molar-refractivity contribution in [2.24, 2.45) is 12.8 Å². The first-order valence-electron chi connectivity index (χ1n) is 6.72. The smallest absolute Gasteiger partial charge is 0.130 e. The lowest BCUT2D eigenvalue weighted by molar-refractivity contribution is 0.273. The molecule has 0 saturated carbocycles. The molecule has 1 aromatic rings. The number of likely N-dealkylation sites (N-methyl/N-ethyl adjacent to an activating group) is 1. The molecular formula is C13H25N5. The van der Waals surface area contributed by atoms with Gasteiger partial charge >= 0.3 is 0 Å². The first-order chi connectivity index (χ1) is 8.54. The SMILES string of the molecule is Cc1nn(C)c(N2CCN(C)CC2C)c1CCN. The number of hydrogen-bond acceptors (Lipinski definition) is 4. The second-order valence-corrected chi connectivity index (χ2v) is 5.35. The van der Waals surface area contributed by atoms with Gasteiger partial charge in [-0.25, -0.2) is 0 Å². The Labute approximate surface area is 110 Å². The molecule has 0 aromatic carbocycles. The second-order valence-electron chi connectivity index (χ2n) is 5.35. The number of nitrogens with zero attached hydrogens (tertiary/aromatic N) is 4. The molecule has 1 aliphatic heterocycles. The predicted molar refractivity (Wildman–Crippen MR) is 75.0 cm³/mol. The first-order valence-corrected chi connectivity index (χ1v) is 6.72. The Bertz CT molecular complexity index is 412. The van der Waals surface area contributed by atoms with Crippen LogP contribution < -0.4 is 10.6 Å². The van der Waals surface area contributed by atoms with Crippen LogP contribution in [0.3, 0.4) is 0 Å². The van der Waals surface area contributed by atoms with Gasteiger partial charge in [-0.1, -0.05) is 0 Å². The van der Waals surface area contributed by atoms with Crippen molar-refractivity contribution in [2.75, 3.05) is 38.1 Å². The van der Waals surface area contributed by atoms with Gasteiger partial charge in [-0.2, -0.15) is 5.10 Å². The maximum absolute atomic E-state index is 5.73. The van der Waals surface area contributed by atoms with Crippen LogP contribution in [-0.4, -0.2) is 53.9 Å². The van der Waals surface area contributed by atoms with Gasteiger partial charge in [-0.05, 0) is 33.9 Å². The number of nitrogens with two attached hydrogens (primary N) is 1. The van der Waals surface area contributed by atoms with Gasteiger partial charge in [0.2, 0.25) is 0 Å². The summed E-state index contributed by atoms with van der Waals surface area (Å²) in [5.41, 5.74) is 8.16. The van der Waals surface area contributed by atoms with Gasteiger partial charge < -0.3 is 15.5 Å². The summed E-state index contributed by atoms with van der Waals surface area (Å²) in [5, 5.41) is 4.56. The van der Waals surface area contributed by atoms with Gasteiger partial charge in [-0.3, -0.25) is 4.68 Å². The summed E-state index contributed by atoms with van der Waals surface area (Å²) < 4.78 is 2.02. The van der Waals surface area contributed by atoms with Gasteiger partial charge in [-0.15, -0.1) is 0 Å². The molecule has 1 unspecified atom stereocenters. The zero-order chi connectivity index (χ0) is 13.3. The number of anilines is 1. The van der Waals surface area contributed by atoms with Gasteiger partial charge in [0.1, 0.15) is 5.82 Å². The molecule has 1 fully saturated rings. The van der Waals surface area contributed by atoms with Crippen LogP contribution in [0.1, 0.15) is 18.2 Å². The minimum Gasteiger partial charge on any atom is -0.351 e. The Kier molecular flexibility index (Phi) is 3.92. The molecule has 102 valence electrons. The van der Waals surface area contributed by atoms with Crippen LogP contribution in [0.15, 0.2) is 0 Å². The second kappa shape index (κ2) is 5.28. The largest absolute Gasteiger partial charge is 0.351 e. The topological polar surface area (TPSA) is 50.3 Å². The van der Waals surface area contributed by atoms with E-state index in [2.05, 4.69) is 35.8 Å². The summed E-state index contributed by atoms with van der Waals surface area (Å²) in [7, 11) is 4.22. The number of hydrogen-bond donors (Lipinski definition) is 1. The molecule has 1 aliphatic rings. The van der Waals surface area contributed by atoms with Crippen molar-refractivity contribution >= 4 is 5.82 Å². The Hall–Kier alpha value is -1.07. The number of aromatic nitrogens is 2.